The van der Waals surface area contributed by atoms with Crippen molar-refractivity contribution in [3.63, 3.8) is 0 Å². The number of rotatable bonds is 10. The number of aromatic nitrogens is 2. The zero-order chi connectivity index (χ0) is 21.3. The second-order valence-corrected chi connectivity index (χ2v) is 6.76. The molecule has 3 aromatic rings. The molecule has 3 rings (SSSR count). The van der Waals surface area contributed by atoms with Crippen molar-refractivity contribution in [2.24, 2.45) is 0 Å². The number of methoxy groups -OCH3 is 2. The molecule has 2 aromatic carbocycles. The van der Waals surface area contributed by atoms with Gasteiger partial charge in [-0.25, -0.2) is 0 Å². The van der Waals surface area contributed by atoms with Crippen molar-refractivity contribution in [1.29, 1.82) is 0 Å². The lowest BCUT2D eigenvalue weighted by Crippen LogP contribution is -2.30. The number of ether oxygens (including phenoxy) is 2. The third-order valence-corrected chi connectivity index (χ3v) is 4.90. The fraction of sp³-hybridized carbons (Fsp3) is 0.304. The summed E-state index contributed by atoms with van der Waals surface area (Å²) >= 11 is 0. The molecule has 0 fully saturated rings. The molecule has 7 nitrogen and oxygen atoms in total. The molecule has 2 N–H and O–H groups in total. The fourth-order valence-corrected chi connectivity index (χ4v) is 3.26. The SMILES string of the molecule is CCN(CCCNC(=O)c1cc(-c2ccc(OC)cc2OC)n[nH]1)c1ccccc1. The summed E-state index contributed by atoms with van der Waals surface area (Å²) in [5.41, 5.74) is 3.03. The Bertz CT molecular complexity index is 956. The number of carbonyl (C=O) groups excluding carboxylic acids is 1. The van der Waals surface area contributed by atoms with Crippen molar-refractivity contribution in [2.45, 2.75) is 13.3 Å². The van der Waals surface area contributed by atoms with E-state index in [2.05, 4.69) is 39.5 Å². The zero-order valence-electron chi connectivity index (χ0n) is 17.6. The van der Waals surface area contributed by atoms with Crippen LogP contribution in [0.4, 0.5) is 5.69 Å². The maximum Gasteiger partial charge on any atom is 0.269 e. The highest BCUT2D eigenvalue weighted by Gasteiger charge is 2.14. The lowest BCUT2D eigenvalue weighted by atomic mass is 10.1. The minimum absolute atomic E-state index is 0.177. The third kappa shape index (κ3) is 5.11. The largest absolute Gasteiger partial charge is 0.497 e. The Labute approximate surface area is 177 Å². The highest BCUT2D eigenvalue weighted by Crippen LogP contribution is 2.32. The van der Waals surface area contributed by atoms with E-state index in [9.17, 15) is 4.79 Å². The first kappa shape index (κ1) is 21.2. The predicted molar refractivity (Wildman–Crippen MR) is 118 cm³/mol. The molecule has 0 spiro atoms. The lowest BCUT2D eigenvalue weighted by Gasteiger charge is -2.23. The van der Waals surface area contributed by atoms with Gasteiger partial charge in [0.25, 0.3) is 5.91 Å². The van der Waals surface area contributed by atoms with Crippen molar-refractivity contribution in [3.05, 3.63) is 60.3 Å². The Morgan fingerprint density at radius 3 is 2.60 bits per heavy atom. The number of benzene rings is 2. The molecule has 0 aliphatic rings. The summed E-state index contributed by atoms with van der Waals surface area (Å²) in [4.78, 5) is 14.8. The Kier molecular flexibility index (Phi) is 7.32. The third-order valence-electron chi connectivity index (χ3n) is 4.90. The second kappa shape index (κ2) is 10.3. The summed E-state index contributed by atoms with van der Waals surface area (Å²) < 4.78 is 10.6. The van der Waals surface area contributed by atoms with Gasteiger partial charge in [0, 0.05) is 37.0 Å². The molecule has 0 aliphatic carbocycles. The van der Waals surface area contributed by atoms with Crippen LogP contribution in [-0.2, 0) is 0 Å². The molecule has 1 amide bonds. The molecule has 30 heavy (non-hydrogen) atoms. The van der Waals surface area contributed by atoms with Crippen LogP contribution in [0.2, 0.25) is 0 Å². The van der Waals surface area contributed by atoms with Gasteiger partial charge in [-0.15, -0.1) is 0 Å². The number of hydrogen-bond donors (Lipinski definition) is 2. The molecule has 7 heteroatoms. The van der Waals surface area contributed by atoms with Crippen molar-refractivity contribution < 1.29 is 14.3 Å². The van der Waals surface area contributed by atoms with Gasteiger partial charge in [0.05, 0.1) is 19.9 Å². The molecule has 158 valence electrons. The Hall–Kier alpha value is -3.48. The molecule has 0 aliphatic heterocycles. The molecule has 0 unspecified atom stereocenters. The van der Waals surface area contributed by atoms with Crippen molar-refractivity contribution in [2.75, 3.05) is 38.8 Å². The summed E-state index contributed by atoms with van der Waals surface area (Å²) in [6.07, 6.45) is 0.849. The van der Waals surface area contributed by atoms with Crippen LogP contribution in [0.1, 0.15) is 23.8 Å². The molecular weight excluding hydrogens is 380 g/mol. The molecule has 1 aromatic heterocycles. The van der Waals surface area contributed by atoms with Gasteiger partial charge in [-0.1, -0.05) is 18.2 Å². The monoisotopic (exact) mass is 408 g/mol. The summed E-state index contributed by atoms with van der Waals surface area (Å²) in [5.74, 6) is 1.15. The van der Waals surface area contributed by atoms with Gasteiger partial charge in [-0.2, -0.15) is 5.10 Å². The van der Waals surface area contributed by atoms with E-state index in [4.69, 9.17) is 9.47 Å². The van der Waals surface area contributed by atoms with E-state index in [1.165, 1.54) is 5.69 Å². The average molecular weight is 409 g/mol. The van der Waals surface area contributed by atoms with Crippen LogP contribution in [0, 0.1) is 0 Å². The summed E-state index contributed by atoms with van der Waals surface area (Å²) in [6, 6.07) is 17.5. The number of para-hydroxylation sites is 1. The van der Waals surface area contributed by atoms with Gasteiger partial charge in [0.15, 0.2) is 0 Å². The quantitative estimate of drug-likeness (QED) is 0.500. The van der Waals surface area contributed by atoms with Crippen molar-refractivity contribution >= 4 is 11.6 Å². The van der Waals surface area contributed by atoms with Crippen LogP contribution >= 0.6 is 0 Å². The minimum Gasteiger partial charge on any atom is -0.497 e. The summed E-state index contributed by atoms with van der Waals surface area (Å²) in [7, 11) is 3.19. The number of nitrogens with zero attached hydrogens (tertiary/aromatic N) is 2. The standard InChI is InChI=1S/C23H28N4O3/c1-4-27(17-9-6-5-7-10-17)14-8-13-24-23(28)21-16-20(25-26-21)19-12-11-18(29-2)15-22(19)30-3/h5-7,9-12,15-16H,4,8,13-14H2,1-3H3,(H,24,28)(H,25,26). The number of carbonyl (C=O) groups is 1. The van der Waals surface area contributed by atoms with E-state index in [1.807, 2.05) is 30.3 Å². The summed E-state index contributed by atoms with van der Waals surface area (Å²) in [6.45, 7) is 4.51. The molecule has 0 radical (unpaired) electrons. The van der Waals surface area contributed by atoms with Crippen LogP contribution in [-0.4, -0.2) is 50.0 Å². The zero-order valence-corrected chi connectivity index (χ0v) is 17.6. The second-order valence-electron chi connectivity index (χ2n) is 6.76. The van der Waals surface area contributed by atoms with E-state index in [0.717, 1.165) is 25.1 Å². The van der Waals surface area contributed by atoms with Gasteiger partial charge in [0.1, 0.15) is 17.2 Å². The van der Waals surface area contributed by atoms with E-state index in [1.54, 1.807) is 26.4 Å². The maximum absolute atomic E-state index is 12.5. The van der Waals surface area contributed by atoms with Gasteiger partial charge < -0.3 is 19.7 Å². The Morgan fingerprint density at radius 2 is 1.90 bits per heavy atom. The number of H-pyrrole nitrogens is 1. The molecule has 1 heterocycles. The molecule has 0 atom stereocenters. The number of aromatic amines is 1. The highest BCUT2D eigenvalue weighted by molar-refractivity contribution is 5.93. The lowest BCUT2D eigenvalue weighted by molar-refractivity contribution is 0.0948. The van der Waals surface area contributed by atoms with E-state index < -0.39 is 0 Å². The molecular formula is C23H28N4O3. The van der Waals surface area contributed by atoms with Crippen LogP contribution in [0.15, 0.2) is 54.6 Å². The fourth-order valence-electron chi connectivity index (χ4n) is 3.26. The summed E-state index contributed by atoms with van der Waals surface area (Å²) in [5, 5.41) is 10.0. The van der Waals surface area contributed by atoms with E-state index in [-0.39, 0.29) is 5.91 Å². The van der Waals surface area contributed by atoms with Crippen LogP contribution in [0.5, 0.6) is 11.5 Å². The average Bonchev–Trinajstić information content (AvgIpc) is 3.29. The number of hydrogen-bond acceptors (Lipinski definition) is 5. The Morgan fingerprint density at radius 1 is 1.10 bits per heavy atom. The van der Waals surface area contributed by atoms with Gasteiger partial charge in [0.2, 0.25) is 0 Å². The smallest absolute Gasteiger partial charge is 0.269 e. The molecule has 0 bridgehead atoms. The van der Waals surface area contributed by atoms with Gasteiger partial charge >= 0.3 is 0 Å². The first-order valence-electron chi connectivity index (χ1n) is 10.0. The maximum atomic E-state index is 12.5. The first-order chi connectivity index (χ1) is 14.7. The number of nitrogens with one attached hydrogen (secondary N) is 2. The normalized spacial score (nSPS) is 10.5. The number of anilines is 1. The van der Waals surface area contributed by atoms with Crippen LogP contribution < -0.4 is 19.7 Å². The molecule has 0 saturated carbocycles. The van der Waals surface area contributed by atoms with E-state index in [0.29, 0.717) is 29.4 Å². The van der Waals surface area contributed by atoms with Crippen LogP contribution in [0.3, 0.4) is 0 Å². The first-order valence-corrected chi connectivity index (χ1v) is 10.0. The van der Waals surface area contributed by atoms with Crippen LogP contribution in [0.25, 0.3) is 11.3 Å². The number of amides is 1. The molecule has 0 saturated heterocycles. The van der Waals surface area contributed by atoms with Crippen molar-refractivity contribution in [3.8, 4) is 22.8 Å². The topological polar surface area (TPSA) is 79.5 Å². The van der Waals surface area contributed by atoms with Gasteiger partial charge in [-0.3, -0.25) is 9.89 Å². The minimum atomic E-state index is -0.177. The Balaban J connectivity index is 1.55. The van der Waals surface area contributed by atoms with Crippen molar-refractivity contribution in [1.82, 2.24) is 15.5 Å². The van der Waals surface area contributed by atoms with E-state index >= 15 is 0 Å². The predicted octanol–water partition coefficient (Wildman–Crippen LogP) is 3.74. The van der Waals surface area contributed by atoms with Gasteiger partial charge in [-0.05, 0) is 43.7 Å². The highest BCUT2D eigenvalue weighted by atomic mass is 16.5.